The molecule has 0 unspecified atom stereocenters. The zero-order chi connectivity index (χ0) is 19.7. The zero-order valence-corrected chi connectivity index (χ0v) is 16.8. The number of hydrogen-bond donors (Lipinski definition) is 1. The van der Waals surface area contributed by atoms with Crippen LogP contribution >= 0.6 is 11.6 Å². The van der Waals surface area contributed by atoms with Crippen LogP contribution in [0.5, 0.6) is 5.75 Å². The fourth-order valence-electron chi connectivity index (χ4n) is 3.59. The Kier molecular flexibility index (Phi) is 5.31. The van der Waals surface area contributed by atoms with Crippen LogP contribution in [-0.2, 0) is 21.2 Å². The molecule has 6 nitrogen and oxygen atoms in total. The number of fused-ring (bicyclic) bond motifs is 1. The molecule has 1 saturated heterocycles. The largest absolute Gasteiger partial charge is 0.492 e. The van der Waals surface area contributed by atoms with Crippen molar-refractivity contribution in [2.45, 2.75) is 24.2 Å². The van der Waals surface area contributed by atoms with E-state index >= 15 is 0 Å². The lowest BCUT2D eigenvalue weighted by Crippen LogP contribution is -2.32. The van der Waals surface area contributed by atoms with Gasteiger partial charge in [0.05, 0.1) is 10.8 Å². The van der Waals surface area contributed by atoms with Crippen molar-refractivity contribution in [3.8, 4) is 5.75 Å². The van der Waals surface area contributed by atoms with E-state index in [4.69, 9.17) is 16.3 Å². The van der Waals surface area contributed by atoms with E-state index in [1.165, 1.54) is 10.4 Å². The lowest BCUT2D eigenvalue weighted by Gasteiger charge is -2.25. The van der Waals surface area contributed by atoms with Gasteiger partial charge in [-0.15, -0.1) is 0 Å². The Morgan fingerprint density at radius 1 is 1.14 bits per heavy atom. The predicted octanol–water partition coefficient (Wildman–Crippen LogP) is 3.31. The number of ether oxygens (including phenoxy) is 1. The summed E-state index contributed by atoms with van der Waals surface area (Å²) in [5.41, 5.74) is 1.35. The van der Waals surface area contributed by atoms with E-state index in [1.54, 1.807) is 36.4 Å². The zero-order valence-electron chi connectivity index (χ0n) is 15.2. The standard InChI is InChI=1S/C20H21ClN2O4S/c21-16-6-7-19-14(11-16)10-15(13-27-19)20(24)22-17-4-3-5-18(12-17)28(25,26)23-8-1-2-9-23/h3-7,11-12,15H,1-2,8-10,13H2,(H,22,24)/t15-/m1/s1. The Labute approximate surface area is 169 Å². The van der Waals surface area contributed by atoms with E-state index in [0.717, 1.165) is 24.2 Å². The molecular formula is C20H21ClN2O4S. The van der Waals surface area contributed by atoms with Crippen LogP contribution in [0.3, 0.4) is 0 Å². The Morgan fingerprint density at radius 2 is 1.93 bits per heavy atom. The van der Waals surface area contributed by atoms with Crippen molar-refractivity contribution in [3.05, 3.63) is 53.1 Å². The lowest BCUT2D eigenvalue weighted by molar-refractivity contribution is -0.121. The number of nitrogens with one attached hydrogen (secondary N) is 1. The third kappa shape index (κ3) is 3.87. The average molecular weight is 421 g/mol. The molecule has 2 aliphatic heterocycles. The van der Waals surface area contributed by atoms with Gasteiger partial charge >= 0.3 is 0 Å². The van der Waals surface area contributed by atoms with Crippen LogP contribution in [0, 0.1) is 5.92 Å². The molecule has 0 aromatic heterocycles. The van der Waals surface area contributed by atoms with Gasteiger partial charge in [-0.3, -0.25) is 4.79 Å². The molecule has 148 valence electrons. The van der Waals surface area contributed by atoms with Gasteiger partial charge < -0.3 is 10.1 Å². The number of rotatable bonds is 4. The lowest BCUT2D eigenvalue weighted by atomic mass is 9.96. The first-order valence-electron chi connectivity index (χ1n) is 9.26. The number of carbonyl (C=O) groups excluding carboxylic acids is 1. The summed E-state index contributed by atoms with van der Waals surface area (Å²) in [4.78, 5) is 12.9. The summed E-state index contributed by atoms with van der Waals surface area (Å²) in [6, 6.07) is 11.8. The summed E-state index contributed by atoms with van der Waals surface area (Å²) < 4.78 is 32.6. The fraction of sp³-hybridized carbons (Fsp3) is 0.350. The van der Waals surface area contributed by atoms with Gasteiger partial charge in [0.1, 0.15) is 12.4 Å². The van der Waals surface area contributed by atoms with Crippen molar-refractivity contribution >= 4 is 33.2 Å². The highest BCUT2D eigenvalue weighted by Gasteiger charge is 2.29. The summed E-state index contributed by atoms with van der Waals surface area (Å²) in [6.45, 7) is 1.35. The first-order valence-corrected chi connectivity index (χ1v) is 11.1. The minimum absolute atomic E-state index is 0.198. The van der Waals surface area contributed by atoms with Crippen LogP contribution in [0.1, 0.15) is 18.4 Å². The number of carbonyl (C=O) groups is 1. The van der Waals surface area contributed by atoms with Gasteiger partial charge in [-0.1, -0.05) is 17.7 Å². The number of sulfonamides is 1. The number of nitrogens with zero attached hydrogens (tertiary/aromatic N) is 1. The van der Waals surface area contributed by atoms with E-state index in [9.17, 15) is 13.2 Å². The summed E-state index contributed by atoms with van der Waals surface area (Å²) in [7, 11) is -3.52. The molecule has 1 fully saturated rings. The molecule has 0 saturated carbocycles. The summed E-state index contributed by atoms with van der Waals surface area (Å²) in [5.74, 6) is 0.165. The molecule has 1 atom stereocenters. The molecule has 28 heavy (non-hydrogen) atoms. The number of anilines is 1. The molecule has 0 radical (unpaired) electrons. The molecule has 2 aliphatic rings. The topological polar surface area (TPSA) is 75.7 Å². The number of hydrogen-bond acceptors (Lipinski definition) is 4. The smallest absolute Gasteiger partial charge is 0.243 e. The van der Waals surface area contributed by atoms with Crippen molar-refractivity contribution in [2.75, 3.05) is 25.0 Å². The van der Waals surface area contributed by atoms with Crippen LogP contribution in [0.25, 0.3) is 0 Å². The molecule has 8 heteroatoms. The highest BCUT2D eigenvalue weighted by Crippen LogP contribution is 2.30. The van der Waals surface area contributed by atoms with Gasteiger partial charge in [0.2, 0.25) is 15.9 Å². The van der Waals surface area contributed by atoms with Crippen molar-refractivity contribution < 1.29 is 17.9 Å². The van der Waals surface area contributed by atoms with Gasteiger partial charge in [0.25, 0.3) is 0 Å². The third-order valence-corrected chi connectivity index (χ3v) is 7.23. The molecule has 2 aromatic rings. The second kappa shape index (κ2) is 7.73. The minimum Gasteiger partial charge on any atom is -0.492 e. The van der Waals surface area contributed by atoms with Crippen LogP contribution in [0.15, 0.2) is 47.4 Å². The number of halogens is 1. The van der Waals surface area contributed by atoms with E-state index in [-0.39, 0.29) is 23.3 Å². The van der Waals surface area contributed by atoms with E-state index in [2.05, 4.69) is 5.32 Å². The Hall–Kier alpha value is -2.09. The highest BCUT2D eigenvalue weighted by molar-refractivity contribution is 7.89. The minimum atomic E-state index is -3.52. The van der Waals surface area contributed by atoms with Gasteiger partial charge in [-0.2, -0.15) is 4.31 Å². The second-order valence-corrected chi connectivity index (χ2v) is 9.47. The first kappa shape index (κ1) is 19.2. The summed E-state index contributed by atoms with van der Waals surface area (Å²) >= 11 is 6.03. The number of benzene rings is 2. The van der Waals surface area contributed by atoms with Crippen molar-refractivity contribution in [2.24, 2.45) is 5.92 Å². The first-order chi connectivity index (χ1) is 13.4. The summed E-state index contributed by atoms with van der Waals surface area (Å²) in [5, 5.41) is 3.43. The quantitative estimate of drug-likeness (QED) is 0.823. The maximum atomic E-state index is 12.7. The normalized spacial score (nSPS) is 19.7. The fourth-order valence-corrected chi connectivity index (χ4v) is 5.35. The second-order valence-electron chi connectivity index (χ2n) is 7.09. The van der Waals surface area contributed by atoms with Crippen molar-refractivity contribution in [1.82, 2.24) is 4.31 Å². The van der Waals surface area contributed by atoms with Crippen molar-refractivity contribution in [3.63, 3.8) is 0 Å². The molecule has 0 spiro atoms. The third-order valence-electron chi connectivity index (χ3n) is 5.10. The van der Waals surface area contributed by atoms with Crippen LogP contribution in [-0.4, -0.2) is 38.3 Å². The van der Waals surface area contributed by atoms with Gasteiger partial charge in [0, 0.05) is 23.8 Å². The molecule has 2 aromatic carbocycles. The maximum Gasteiger partial charge on any atom is 0.243 e. The van der Waals surface area contributed by atoms with Gasteiger partial charge in [0.15, 0.2) is 0 Å². The average Bonchev–Trinajstić information content (AvgIpc) is 3.23. The number of amides is 1. The summed E-state index contributed by atoms with van der Waals surface area (Å²) in [6.07, 6.45) is 2.28. The van der Waals surface area contributed by atoms with Crippen LogP contribution in [0.4, 0.5) is 5.69 Å². The molecule has 2 heterocycles. The van der Waals surface area contributed by atoms with Crippen LogP contribution < -0.4 is 10.1 Å². The molecule has 0 bridgehead atoms. The molecular weight excluding hydrogens is 400 g/mol. The Bertz CT molecular complexity index is 1000. The maximum absolute atomic E-state index is 12.7. The van der Waals surface area contributed by atoms with E-state index in [0.29, 0.717) is 30.2 Å². The highest BCUT2D eigenvalue weighted by atomic mass is 35.5. The van der Waals surface area contributed by atoms with E-state index < -0.39 is 10.0 Å². The van der Waals surface area contributed by atoms with Gasteiger partial charge in [-0.25, -0.2) is 8.42 Å². The molecule has 0 aliphatic carbocycles. The Morgan fingerprint density at radius 3 is 2.71 bits per heavy atom. The van der Waals surface area contributed by atoms with E-state index in [1.807, 2.05) is 0 Å². The van der Waals surface area contributed by atoms with Crippen LogP contribution in [0.2, 0.25) is 5.02 Å². The monoisotopic (exact) mass is 420 g/mol. The Balaban J connectivity index is 1.48. The SMILES string of the molecule is O=C(Nc1cccc(S(=O)(=O)N2CCCC2)c1)[C@H]1COc2ccc(Cl)cc2C1. The molecule has 4 rings (SSSR count). The van der Waals surface area contributed by atoms with Crippen molar-refractivity contribution in [1.29, 1.82) is 0 Å². The molecule has 1 amide bonds. The van der Waals surface area contributed by atoms with Gasteiger partial charge in [-0.05, 0) is 61.2 Å². The molecule has 1 N–H and O–H groups in total. The predicted molar refractivity (Wildman–Crippen MR) is 107 cm³/mol.